The zero-order chi connectivity index (χ0) is 43.6. The van der Waals surface area contributed by atoms with Crippen LogP contribution in [-0.2, 0) is 16.0 Å². The molecule has 0 bridgehead atoms. The number of methoxy groups -OCH3 is 2. The minimum absolute atomic E-state index is 0.0337. The van der Waals surface area contributed by atoms with Crippen LogP contribution >= 0.6 is 0 Å². The van der Waals surface area contributed by atoms with Crippen molar-refractivity contribution >= 4 is 33.5 Å². The number of carbonyl (C=O) groups excluding carboxylic acids is 2. The number of halogens is 4. The molecular weight excluding hydrogens is 778 g/mol. The van der Waals surface area contributed by atoms with E-state index in [9.17, 15) is 37.4 Å². The molecule has 2 heterocycles. The maximum Gasteiger partial charge on any atom is 0.360 e. The fourth-order valence-corrected chi connectivity index (χ4v) is 5.57. The molecule has 13 nitrogen and oxygen atoms in total. The first-order valence-corrected chi connectivity index (χ1v) is 17.5. The van der Waals surface area contributed by atoms with Gasteiger partial charge in [-0.2, -0.15) is 0 Å². The molecule has 0 saturated carbocycles. The van der Waals surface area contributed by atoms with Crippen LogP contribution in [0.5, 0.6) is 34.5 Å². The highest BCUT2D eigenvalue weighted by Gasteiger charge is 2.21. The maximum absolute atomic E-state index is 13.4. The summed E-state index contributed by atoms with van der Waals surface area (Å²) in [5.41, 5.74) is 0.0984. The summed E-state index contributed by atoms with van der Waals surface area (Å²) in [5.74, 6) is -5.00. The third-order valence-electron chi connectivity index (χ3n) is 7.80. The van der Waals surface area contributed by atoms with Gasteiger partial charge < -0.3 is 34.1 Å². The summed E-state index contributed by atoms with van der Waals surface area (Å²) >= 11 is 0. The van der Waals surface area contributed by atoms with Gasteiger partial charge in [-0.05, 0) is 78.7 Å². The number of nitrogens with zero attached hydrogens (tertiary/aromatic N) is 5. The summed E-state index contributed by atoms with van der Waals surface area (Å²) < 4.78 is 73.3. The highest BCUT2D eigenvalue weighted by molar-refractivity contribution is 6.01. The van der Waals surface area contributed by atoms with Crippen LogP contribution in [0.3, 0.4) is 0 Å². The van der Waals surface area contributed by atoms with Gasteiger partial charge in [-0.3, -0.25) is 9.80 Å². The van der Waals surface area contributed by atoms with E-state index in [1.54, 1.807) is 24.3 Å². The van der Waals surface area contributed by atoms with Crippen LogP contribution in [0.25, 0.3) is 21.5 Å². The smallest absolute Gasteiger partial charge is 0.360 e. The van der Waals surface area contributed by atoms with Crippen LogP contribution in [-0.4, -0.2) is 110 Å². The third-order valence-corrected chi connectivity index (χ3v) is 7.80. The van der Waals surface area contributed by atoms with Crippen LogP contribution in [0.2, 0.25) is 0 Å². The molecule has 0 unspecified atom stereocenters. The molecule has 0 aliphatic carbocycles. The summed E-state index contributed by atoms with van der Waals surface area (Å²) in [7, 11) is 14.3. The molecule has 0 radical (unpaired) electrons. The highest BCUT2D eigenvalue weighted by Crippen LogP contribution is 2.36. The first-order chi connectivity index (χ1) is 27.9. The summed E-state index contributed by atoms with van der Waals surface area (Å²) in [6.45, 7) is 1.44. The van der Waals surface area contributed by atoms with Gasteiger partial charge in [0.15, 0.2) is 22.9 Å². The van der Waals surface area contributed by atoms with E-state index in [-0.39, 0.29) is 45.9 Å². The van der Waals surface area contributed by atoms with Crippen molar-refractivity contribution in [3.8, 4) is 34.5 Å². The van der Waals surface area contributed by atoms with Crippen molar-refractivity contribution in [2.75, 3.05) is 63.2 Å². The second kappa shape index (κ2) is 20.2. The molecule has 0 atom stereocenters. The SMILES string of the molecule is CN(C)CN(C)C.COC(=O)c1nc(CN(C)C)c2ccc(Oc3cc(F)cc(F)c3)cc2c1O.COC(=O)c1ncc2ccc(Oc3cc(F)cc(F)c3)cc2c1O. The van der Waals surface area contributed by atoms with Crippen LogP contribution in [0.4, 0.5) is 17.6 Å². The van der Waals surface area contributed by atoms with E-state index in [0.29, 0.717) is 33.8 Å². The molecule has 2 aromatic heterocycles. The van der Waals surface area contributed by atoms with Crippen LogP contribution in [0.1, 0.15) is 26.7 Å². The number of carbonyl (C=O) groups is 2. The van der Waals surface area contributed by atoms with E-state index in [4.69, 9.17) is 9.47 Å². The van der Waals surface area contributed by atoms with Crippen molar-refractivity contribution in [3.05, 3.63) is 119 Å². The maximum atomic E-state index is 13.4. The minimum atomic E-state index is -0.784. The number of aromatic hydroxyl groups is 2. The average Bonchev–Trinajstić information content (AvgIpc) is 3.14. The van der Waals surface area contributed by atoms with Gasteiger partial charge >= 0.3 is 11.9 Å². The minimum Gasteiger partial charge on any atom is -0.505 e. The lowest BCUT2D eigenvalue weighted by molar-refractivity contribution is 0.0581. The molecule has 0 spiro atoms. The van der Waals surface area contributed by atoms with Crippen molar-refractivity contribution in [3.63, 3.8) is 0 Å². The molecule has 0 fully saturated rings. The Morgan fingerprint density at radius 1 is 0.576 bits per heavy atom. The van der Waals surface area contributed by atoms with E-state index in [0.717, 1.165) is 43.1 Å². The molecule has 0 amide bonds. The average molecular weight is 822 g/mol. The predicted molar refractivity (Wildman–Crippen MR) is 212 cm³/mol. The standard InChI is InChI=1S/C20H18F2N2O4.C17H11F2NO4.C5H14N2/c1-24(2)10-17-15-5-4-13(28-14-7-11(21)6-12(22)8-14)9-16(15)19(25)18(23-17)20(26)27-3;1-23-17(22)15-16(21)14-7-12(3-2-9(14)8-20-15)24-13-5-10(18)4-11(19)6-13;1-6(2)5-7(3)4/h4-9,25H,10H2,1-3H3;2-8,21H,1H3;5H2,1-4H3. The Kier molecular flexibility index (Phi) is 15.5. The van der Waals surface area contributed by atoms with Gasteiger partial charge in [0.2, 0.25) is 0 Å². The lowest BCUT2D eigenvalue weighted by Gasteiger charge is -2.15. The topological polar surface area (TPSA) is 147 Å². The number of hydrogen-bond acceptors (Lipinski definition) is 13. The number of esters is 2. The van der Waals surface area contributed by atoms with Gasteiger partial charge in [-0.15, -0.1) is 0 Å². The van der Waals surface area contributed by atoms with E-state index >= 15 is 0 Å². The number of ether oxygens (including phenoxy) is 4. The van der Waals surface area contributed by atoms with Gasteiger partial charge in [0, 0.05) is 77.4 Å². The normalized spacial score (nSPS) is 10.9. The molecule has 0 saturated heterocycles. The number of rotatable bonds is 10. The number of hydrogen-bond donors (Lipinski definition) is 2. The van der Waals surface area contributed by atoms with E-state index in [1.165, 1.54) is 32.5 Å². The van der Waals surface area contributed by atoms with Crippen molar-refractivity contribution < 1.29 is 56.3 Å². The summed E-state index contributed by atoms with van der Waals surface area (Å²) in [6.07, 6.45) is 1.40. The molecule has 4 aromatic carbocycles. The molecule has 0 aliphatic rings. The molecule has 312 valence electrons. The quantitative estimate of drug-likeness (QED) is 0.0791. The fourth-order valence-electron chi connectivity index (χ4n) is 5.57. The second-order valence-electron chi connectivity index (χ2n) is 13.6. The van der Waals surface area contributed by atoms with Gasteiger partial charge in [0.1, 0.15) is 46.3 Å². The van der Waals surface area contributed by atoms with Crippen molar-refractivity contribution in [1.82, 2.24) is 24.7 Å². The Hall–Kier alpha value is -6.56. The lowest BCUT2D eigenvalue weighted by atomic mass is 10.1. The van der Waals surface area contributed by atoms with E-state index in [2.05, 4.69) is 57.4 Å². The third kappa shape index (κ3) is 12.5. The largest absolute Gasteiger partial charge is 0.505 e. The fraction of sp³-hybridized carbons (Fsp3) is 0.238. The molecular formula is C42H43F4N5O8. The van der Waals surface area contributed by atoms with Crippen molar-refractivity contribution in [2.24, 2.45) is 0 Å². The van der Waals surface area contributed by atoms with Gasteiger partial charge in [-0.25, -0.2) is 37.1 Å². The predicted octanol–water partition coefficient (Wildman–Crippen LogP) is 7.72. The molecule has 6 rings (SSSR count). The molecule has 6 aromatic rings. The van der Waals surface area contributed by atoms with Crippen LogP contribution in [0, 0.1) is 23.3 Å². The summed E-state index contributed by atoms with van der Waals surface area (Å²) in [5, 5.41) is 22.5. The Morgan fingerprint density at radius 2 is 1.03 bits per heavy atom. The lowest BCUT2D eigenvalue weighted by Crippen LogP contribution is -2.26. The Morgan fingerprint density at radius 3 is 1.49 bits per heavy atom. The first-order valence-electron chi connectivity index (χ1n) is 17.5. The van der Waals surface area contributed by atoms with Crippen molar-refractivity contribution in [1.29, 1.82) is 0 Å². The molecule has 17 heteroatoms. The number of fused-ring (bicyclic) bond motifs is 2. The molecule has 2 N–H and O–H groups in total. The van der Waals surface area contributed by atoms with Crippen LogP contribution < -0.4 is 9.47 Å². The van der Waals surface area contributed by atoms with E-state index in [1.807, 2.05) is 19.0 Å². The molecule has 0 aliphatic heterocycles. The van der Waals surface area contributed by atoms with Crippen molar-refractivity contribution in [2.45, 2.75) is 6.54 Å². The molecule has 59 heavy (non-hydrogen) atoms. The zero-order valence-electron chi connectivity index (χ0n) is 33.5. The zero-order valence-corrected chi connectivity index (χ0v) is 33.5. The Bertz CT molecular complexity index is 2400. The van der Waals surface area contributed by atoms with E-state index < -0.39 is 35.2 Å². The van der Waals surface area contributed by atoms with Gasteiger partial charge in [0.05, 0.1) is 19.9 Å². The second-order valence-corrected chi connectivity index (χ2v) is 13.6. The number of pyridine rings is 2. The number of benzene rings is 4. The van der Waals surface area contributed by atoms with Gasteiger partial charge in [0.25, 0.3) is 0 Å². The Balaban J connectivity index is 0.000000226. The Labute approximate surface area is 337 Å². The highest BCUT2D eigenvalue weighted by atomic mass is 19.1. The van der Waals surface area contributed by atoms with Crippen LogP contribution in [0.15, 0.2) is 79.0 Å². The summed E-state index contributed by atoms with van der Waals surface area (Å²) in [6, 6.07) is 14.9. The van der Waals surface area contributed by atoms with Gasteiger partial charge in [-0.1, -0.05) is 0 Å². The monoisotopic (exact) mass is 821 g/mol. The number of aromatic nitrogens is 2. The summed E-state index contributed by atoms with van der Waals surface area (Å²) in [4.78, 5) is 37.8. The first kappa shape index (κ1) is 45.1.